The Morgan fingerprint density at radius 1 is 1.10 bits per heavy atom. The predicted octanol–water partition coefficient (Wildman–Crippen LogP) is 6.64. The van der Waals surface area contributed by atoms with E-state index in [0.29, 0.717) is 65.5 Å². The van der Waals surface area contributed by atoms with E-state index < -0.39 is 17.3 Å². The summed E-state index contributed by atoms with van der Waals surface area (Å²) in [6.45, 7) is 2.85. The number of aromatic hydroxyl groups is 1. The predicted molar refractivity (Wildman–Crippen MR) is 194 cm³/mol. The standard InChI is InChI=1S/C41H43FN6O4/c1-41-15-13-29-28-10-8-26(49)18-24(28)7-9-30(29)32(41)11-12-34(41)52-16-14-27(50)17-22-3-5-23(6-4-22)37-36(39-43-21-44-48(39)2)38-35-31(40(51)47-46-38)19-25(42)20-33(35)45-37/h3-6,8,10,18-21,29-30,32,34,36-37,45,49H,7,9,11-17H2,1-2H3,(H,47,51)/t29-,30-,32+,34+,36-,37-,41+/m1/s1. The van der Waals surface area contributed by atoms with Crippen molar-refractivity contribution >= 4 is 22.2 Å². The minimum absolute atomic E-state index is 0.132. The number of anilines is 1. The number of H-pyrrole nitrogens is 1. The number of phenols is 1. The maximum Gasteiger partial charge on any atom is 0.272 e. The van der Waals surface area contributed by atoms with Crippen molar-refractivity contribution in [3.63, 3.8) is 0 Å². The molecule has 3 heterocycles. The molecule has 0 spiro atoms. The first kappa shape index (κ1) is 33.0. The van der Waals surface area contributed by atoms with Gasteiger partial charge in [-0.2, -0.15) is 10.2 Å². The van der Waals surface area contributed by atoms with Gasteiger partial charge in [0.2, 0.25) is 0 Å². The Balaban J connectivity index is 0.856. The zero-order chi connectivity index (χ0) is 35.7. The summed E-state index contributed by atoms with van der Waals surface area (Å²) in [5, 5.41) is 25.5. The Morgan fingerprint density at radius 3 is 2.75 bits per heavy atom. The van der Waals surface area contributed by atoms with Crippen molar-refractivity contribution in [1.82, 2.24) is 25.0 Å². The number of nitrogens with zero attached hydrogens (tertiary/aromatic N) is 4. The fraction of sp³-hybridized carbons (Fsp3) is 0.439. The minimum Gasteiger partial charge on any atom is -0.508 e. The number of benzene rings is 3. The molecule has 7 atom stereocenters. The summed E-state index contributed by atoms with van der Waals surface area (Å²) in [4.78, 5) is 30.4. The van der Waals surface area contributed by atoms with Gasteiger partial charge in [-0.1, -0.05) is 37.3 Å². The van der Waals surface area contributed by atoms with E-state index in [1.54, 1.807) is 11.7 Å². The van der Waals surface area contributed by atoms with E-state index in [9.17, 15) is 19.1 Å². The summed E-state index contributed by atoms with van der Waals surface area (Å²) in [7, 11) is 1.81. The molecule has 52 heavy (non-hydrogen) atoms. The molecular formula is C41H43FN6O4. The lowest BCUT2D eigenvalue weighted by Gasteiger charge is -2.50. The second kappa shape index (κ2) is 12.6. The number of rotatable bonds is 8. The lowest BCUT2D eigenvalue weighted by Crippen LogP contribution is -2.44. The zero-order valence-corrected chi connectivity index (χ0v) is 29.4. The van der Waals surface area contributed by atoms with Crippen molar-refractivity contribution < 1.29 is 19.0 Å². The van der Waals surface area contributed by atoms with Gasteiger partial charge < -0.3 is 15.2 Å². The molecule has 0 radical (unpaired) electrons. The van der Waals surface area contributed by atoms with Crippen molar-refractivity contribution in [2.24, 2.45) is 24.3 Å². The van der Waals surface area contributed by atoms with Crippen LogP contribution in [0.15, 0.2) is 65.7 Å². The number of aromatic amines is 1. The van der Waals surface area contributed by atoms with Gasteiger partial charge >= 0.3 is 0 Å². The average Bonchev–Trinajstić information content (AvgIpc) is 3.71. The fourth-order valence-corrected chi connectivity index (χ4v) is 10.4. The van der Waals surface area contributed by atoms with Crippen LogP contribution in [0.2, 0.25) is 0 Å². The molecule has 0 amide bonds. The van der Waals surface area contributed by atoms with E-state index in [1.807, 2.05) is 36.4 Å². The number of aryl methyl sites for hydroxylation is 2. The molecule has 268 valence electrons. The Bertz CT molecular complexity index is 2250. The molecule has 2 fully saturated rings. The van der Waals surface area contributed by atoms with Crippen molar-refractivity contribution in [3.8, 4) is 5.75 Å². The SMILES string of the molecule is Cn1ncnc1[C@H]1c2n[nH]c(=O)c3cc(F)cc(c23)N[C@@H]1c1ccc(CC(=O)CCO[C@H]2CC[C@H]3[C@@H]4CCc5cc(O)ccc5[C@H]4CC[C@]23C)cc1. The highest BCUT2D eigenvalue weighted by Gasteiger charge is 2.55. The smallest absolute Gasteiger partial charge is 0.272 e. The van der Waals surface area contributed by atoms with Crippen molar-refractivity contribution in [1.29, 1.82) is 0 Å². The average molecular weight is 703 g/mol. The van der Waals surface area contributed by atoms with Gasteiger partial charge in [-0.25, -0.2) is 14.5 Å². The highest BCUT2D eigenvalue weighted by atomic mass is 19.1. The number of hydrogen-bond acceptors (Lipinski definition) is 8. The molecule has 2 saturated carbocycles. The van der Waals surface area contributed by atoms with E-state index in [1.165, 1.54) is 42.4 Å². The topological polar surface area (TPSA) is 135 Å². The Kier molecular flexibility index (Phi) is 8.02. The molecule has 5 aromatic rings. The number of aromatic nitrogens is 5. The van der Waals surface area contributed by atoms with Crippen LogP contribution in [0.3, 0.4) is 0 Å². The number of ether oxygens (including phenoxy) is 1. The maximum absolute atomic E-state index is 14.7. The van der Waals surface area contributed by atoms with Crippen LogP contribution in [0.4, 0.5) is 10.1 Å². The first-order valence-electron chi connectivity index (χ1n) is 18.5. The number of carbonyl (C=O) groups is 1. The van der Waals surface area contributed by atoms with Gasteiger partial charge in [0.25, 0.3) is 5.56 Å². The molecule has 4 aliphatic rings. The third kappa shape index (κ3) is 5.43. The van der Waals surface area contributed by atoms with Crippen molar-refractivity contribution in [2.45, 2.75) is 82.3 Å². The maximum atomic E-state index is 14.7. The molecule has 1 aliphatic heterocycles. The minimum atomic E-state index is -0.515. The first-order valence-corrected chi connectivity index (χ1v) is 18.5. The zero-order valence-electron chi connectivity index (χ0n) is 29.4. The van der Waals surface area contributed by atoms with Gasteiger partial charge in [0.05, 0.1) is 35.8 Å². The Hall–Kier alpha value is -4.90. The fourth-order valence-electron chi connectivity index (χ4n) is 10.4. The Labute approximate surface area is 300 Å². The number of phenolic OH excluding ortho intramolecular Hbond substituents is 1. The van der Waals surface area contributed by atoms with Crippen molar-refractivity contribution in [3.05, 3.63) is 111 Å². The molecule has 9 rings (SSSR count). The second-order valence-electron chi connectivity index (χ2n) is 15.6. The van der Waals surface area contributed by atoms with Crippen LogP contribution >= 0.6 is 0 Å². The third-order valence-electron chi connectivity index (χ3n) is 12.9. The van der Waals surface area contributed by atoms with Crippen LogP contribution in [0, 0.1) is 23.1 Å². The highest BCUT2D eigenvalue weighted by molar-refractivity contribution is 5.97. The molecule has 3 aromatic carbocycles. The summed E-state index contributed by atoms with van der Waals surface area (Å²) in [6, 6.07) is 16.1. The lowest BCUT2D eigenvalue weighted by atomic mass is 9.55. The molecule has 0 saturated heterocycles. The van der Waals surface area contributed by atoms with Gasteiger partial charge in [0, 0.05) is 31.0 Å². The number of carbonyl (C=O) groups excluding carboxylic acids is 1. The molecule has 11 heteroatoms. The summed E-state index contributed by atoms with van der Waals surface area (Å²) in [6.07, 6.45) is 9.03. The largest absolute Gasteiger partial charge is 0.508 e. The van der Waals surface area contributed by atoms with E-state index in [-0.39, 0.29) is 28.7 Å². The van der Waals surface area contributed by atoms with Gasteiger partial charge in [0.1, 0.15) is 29.5 Å². The lowest BCUT2D eigenvalue weighted by molar-refractivity contribution is -0.121. The summed E-state index contributed by atoms with van der Waals surface area (Å²) >= 11 is 0. The van der Waals surface area contributed by atoms with Gasteiger partial charge in [-0.05, 0) is 108 Å². The van der Waals surface area contributed by atoms with E-state index >= 15 is 0 Å². The number of fused-ring (bicyclic) bond motifs is 5. The first-order chi connectivity index (χ1) is 25.2. The molecule has 3 N–H and O–H groups in total. The summed E-state index contributed by atoms with van der Waals surface area (Å²) in [5.74, 6) is 2.05. The van der Waals surface area contributed by atoms with Gasteiger partial charge in [0.15, 0.2) is 0 Å². The molecule has 10 nitrogen and oxygen atoms in total. The van der Waals surface area contributed by atoms with Crippen LogP contribution in [0.1, 0.15) is 97.1 Å². The molecule has 0 unspecified atom stereocenters. The van der Waals surface area contributed by atoms with Crippen LogP contribution in [0.25, 0.3) is 10.8 Å². The van der Waals surface area contributed by atoms with Gasteiger partial charge in [-0.15, -0.1) is 0 Å². The highest BCUT2D eigenvalue weighted by Crippen LogP contribution is 2.61. The third-order valence-corrected chi connectivity index (χ3v) is 12.9. The normalized spacial score (nSPS) is 27.4. The number of nitrogens with one attached hydrogen (secondary N) is 2. The molecule has 0 bridgehead atoms. The van der Waals surface area contributed by atoms with Crippen LogP contribution in [-0.2, 0) is 29.4 Å². The summed E-state index contributed by atoms with van der Waals surface area (Å²) in [5.41, 5.74) is 5.32. The number of hydrogen-bond donors (Lipinski definition) is 3. The van der Waals surface area contributed by atoms with E-state index in [2.05, 4.69) is 38.6 Å². The van der Waals surface area contributed by atoms with Gasteiger partial charge in [-0.3, -0.25) is 14.3 Å². The molecule has 2 aromatic heterocycles. The summed E-state index contributed by atoms with van der Waals surface area (Å²) < 4.78 is 22.9. The second-order valence-corrected chi connectivity index (χ2v) is 15.6. The number of Topliss-reactive ketones (excluding diaryl/α,β-unsaturated/α-hetero) is 1. The van der Waals surface area contributed by atoms with E-state index in [4.69, 9.17) is 4.74 Å². The Morgan fingerprint density at radius 2 is 1.94 bits per heavy atom. The number of halogens is 1. The van der Waals surface area contributed by atoms with Crippen molar-refractivity contribution in [2.75, 3.05) is 11.9 Å². The van der Waals surface area contributed by atoms with Crippen LogP contribution in [-0.4, -0.2) is 48.6 Å². The number of ketones is 1. The van der Waals surface area contributed by atoms with E-state index in [0.717, 1.165) is 36.8 Å². The molecule has 3 aliphatic carbocycles. The monoisotopic (exact) mass is 702 g/mol. The van der Waals surface area contributed by atoms with Crippen LogP contribution in [0.5, 0.6) is 5.75 Å². The van der Waals surface area contributed by atoms with Crippen LogP contribution < -0.4 is 10.9 Å². The molecular weight excluding hydrogens is 659 g/mol. The quantitative estimate of drug-likeness (QED) is 0.164.